The summed E-state index contributed by atoms with van der Waals surface area (Å²) in [5.41, 5.74) is 0. The van der Waals surface area contributed by atoms with Crippen LogP contribution in [0.25, 0.3) is 0 Å². The van der Waals surface area contributed by atoms with Crippen molar-refractivity contribution in [1.82, 2.24) is 5.32 Å². The molecule has 0 bridgehead atoms. The fourth-order valence-corrected chi connectivity index (χ4v) is 1.84. The molecule has 0 aliphatic heterocycles. The Morgan fingerprint density at radius 1 is 1.47 bits per heavy atom. The van der Waals surface area contributed by atoms with E-state index in [0.717, 1.165) is 9.75 Å². The van der Waals surface area contributed by atoms with Gasteiger partial charge in [0.05, 0.1) is 6.54 Å². The van der Waals surface area contributed by atoms with Crippen LogP contribution in [0.3, 0.4) is 0 Å². The maximum absolute atomic E-state index is 11.8. The smallest absolute Gasteiger partial charge is 0.351 e. The highest BCUT2D eigenvalue weighted by Crippen LogP contribution is 2.19. The third kappa shape index (κ3) is 4.83. The zero-order valence-electron chi connectivity index (χ0n) is 8.02. The normalized spacial score (nSPS) is 11.5. The van der Waals surface area contributed by atoms with Gasteiger partial charge in [0.1, 0.15) is 6.42 Å². The van der Waals surface area contributed by atoms with Crippen LogP contribution < -0.4 is 5.32 Å². The van der Waals surface area contributed by atoms with Crippen molar-refractivity contribution in [2.24, 2.45) is 0 Å². The fraction of sp³-hybridized carbons (Fsp3) is 0.444. The number of nitrogens with one attached hydrogen (secondary N) is 1. The van der Waals surface area contributed by atoms with Crippen molar-refractivity contribution in [3.05, 3.63) is 21.9 Å². The van der Waals surface area contributed by atoms with Crippen LogP contribution in [0, 0.1) is 6.92 Å². The summed E-state index contributed by atoms with van der Waals surface area (Å²) < 4.78 is 35.3. The van der Waals surface area contributed by atoms with Gasteiger partial charge in [-0.1, -0.05) is 0 Å². The number of alkyl halides is 3. The van der Waals surface area contributed by atoms with Gasteiger partial charge in [-0.2, -0.15) is 13.2 Å². The fourth-order valence-electron chi connectivity index (χ4n) is 1.01. The van der Waals surface area contributed by atoms with Gasteiger partial charge < -0.3 is 5.32 Å². The average Bonchev–Trinajstić information content (AvgIpc) is 2.45. The van der Waals surface area contributed by atoms with Crippen LogP contribution in [0.15, 0.2) is 12.1 Å². The zero-order chi connectivity index (χ0) is 11.5. The molecule has 6 heteroatoms. The lowest BCUT2D eigenvalue weighted by molar-refractivity contribution is -0.153. The van der Waals surface area contributed by atoms with Crippen molar-refractivity contribution < 1.29 is 18.0 Å². The van der Waals surface area contributed by atoms with Crippen LogP contribution >= 0.6 is 11.3 Å². The summed E-state index contributed by atoms with van der Waals surface area (Å²) in [4.78, 5) is 12.7. The highest BCUT2D eigenvalue weighted by Gasteiger charge is 2.30. The highest BCUT2D eigenvalue weighted by atomic mass is 32.1. The summed E-state index contributed by atoms with van der Waals surface area (Å²) in [5.74, 6) is -0.992. The van der Waals surface area contributed by atoms with E-state index < -0.39 is 18.5 Å². The van der Waals surface area contributed by atoms with Gasteiger partial charge >= 0.3 is 6.18 Å². The lowest BCUT2D eigenvalue weighted by Crippen LogP contribution is -2.27. The van der Waals surface area contributed by atoms with E-state index in [1.807, 2.05) is 13.0 Å². The van der Waals surface area contributed by atoms with Crippen LogP contribution in [0.4, 0.5) is 13.2 Å². The Morgan fingerprint density at radius 3 is 2.60 bits per heavy atom. The molecule has 1 heterocycles. The van der Waals surface area contributed by atoms with Crippen molar-refractivity contribution in [3.63, 3.8) is 0 Å². The third-order valence-corrected chi connectivity index (χ3v) is 2.62. The number of hydrogen-bond acceptors (Lipinski definition) is 2. The molecule has 1 amide bonds. The maximum Gasteiger partial charge on any atom is 0.397 e. The highest BCUT2D eigenvalue weighted by molar-refractivity contribution is 7.11. The topological polar surface area (TPSA) is 29.1 Å². The van der Waals surface area contributed by atoms with Crippen LogP contribution in [0.2, 0.25) is 0 Å². The van der Waals surface area contributed by atoms with E-state index in [4.69, 9.17) is 0 Å². The van der Waals surface area contributed by atoms with Gasteiger partial charge in [0.15, 0.2) is 0 Å². The quantitative estimate of drug-likeness (QED) is 0.860. The predicted octanol–water partition coefficient (Wildman–Crippen LogP) is 2.63. The summed E-state index contributed by atoms with van der Waals surface area (Å²) in [6.45, 7) is 2.05. The molecule has 0 fully saturated rings. The molecule has 1 rings (SSSR count). The molecule has 0 aliphatic rings. The van der Waals surface area contributed by atoms with E-state index >= 15 is 0 Å². The zero-order valence-corrected chi connectivity index (χ0v) is 8.84. The van der Waals surface area contributed by atoms with Crippen LogP contribution in [0.1, 0.15) is 16.2 Å². The summed E-state index contributed by atoms with van der Waals surface area (Å²) in [5, 5.41) is 2.22. The monoisotopic (exact) mass is 237 g/mol. The van der Waals surface area contributed by atoms with Crippen LogP contribution in [-0.4, -0.2) is 12.1 Å². The van der Waals surface area contributed by atoms with E-state index in [-0.39, 0.29) is 6.54 Å². The molecule has 1 aromatic rings. The Balaban J connectivity index is 2.35. The Labute approximate surface area is 89.1 Å². The number of amides is 1. The molecule has 0 atom stereocenters. The molecule has 1 aromatic heterocycles. The molecule has 0 saturated heterocycles. The first kappa shape index (κ1) is 12.0. The first-order chi connectivity index (χ1) is 6.87. The lowest BCUT2D eigenvalue weighted by Gasteiger charge is -2.06. The molecule has 84 valence electrons. The van der Waals surface area contributed by atoms with Crippen molar-refractivity contribution in [3.8, 4) is 0 Å². The van der Waals surface area contributed by atoms with Gasteiger partial charge in [-0.15, -0.1) is 11.3 Å². The molecule has 0 spiro atoms. The van der Waals surface area contributed by atoms with Crippen molar-refractivity contribution >= 4 is 17.2 Å². The molecule has 0 saturated carbocycles. The Bertz CT molecular complexity index is 345. The first-order valence-corrected chi connectivity index (χ1v) is 5.07. The molecule has 0 unspecified atom stereocenters. The van der Waals surface area contributed by atoms with Crippen LogP contribution in [-0.2, 0) is 11.3 Å². The van der Waals surface area contributed by atoms with E-state index in [2.05, 4.69) is 5.32 Å². The van der Waals surface area contributed by atoms with Crippen molar-refractivity contribution in [2.45, 2.75) is 26.1 Å². The average molecular weight is 237 g/mol. The number of thiophene rings is 1. The van der Waals surface area contributed by atoms with Crippen molar-refractivity contribution in [2.75, 3.05) is 0 Å². The molecular formula is C9H10F3NOS. The summed E-state index contributed by atoms with van der Waals surface area (Å²) >= 11 is 1.45. The first-order valence-electron chi connectivity index (χ1n) is 4.25. The van der Waals surface area contributed by atoms with Gasteiger partial charge in [-0.25, -0.2) is 0 Å². The second kappa shape index (κ2) is 4.65. The summed E-state index contributed by atoms with van der Waals surface area (Å²) in [6.07, 6.45) is -5.85. The Kier molecular flexibility index (Phi) is 3.73. The van der Waals surface area contributed by atoms with E-state index in [1.165, 1.54) is 11.3 Å². The Morgan fingerprint density at radius 2 is 2.13 bits per heavy atom. The van der Waals surface area contributed by atoms with E-state index in [9.17, 15) is 18.0 Å². The second-order valence-electron chi connectivity index (χ2n) is 3.08. The summed E-state index contributed by atoms with van der Waals surface area (Å²) in [7, 11) is 0. The third-order valence-electron chi connectivity index (χ3n) is 1.62. The van der Waals surface area contributed by atoms with Gasteiger partial charge in [-0.3, -0.25) is 4.79 Å². The van der Waals surface area contributed by atoms with Gasteiger partial charge in [0, 0.05) is 9.75 Å². The maximum atomic E-state index is 11.8. The van der Waals surface area contributed by atoms with Gasteiger partial charge in [0.2, 0.25) is 5.91 Å². The molecule has 15 heavy (non-hydrogen) atoms. The Hall–Kier alpha value is -1.04. The minimum absolute atomic E-state index is 0.160. The predicted molar refractivity (Wildman–Crippen MR) is 51.6 cm³/mol. The van der Waals surface area contributed by atoms with Gasteiger partial charge in [-0.05, 0) is 19.1 Å². The van der Waals surface area contributed by atoms with E-state index in [1.54, 1.807) is 6.07 Å². The number of carbonyl (C=O) groups excluding carboxylic acids is 1. The van der Waals surface area contributed by atoms with Gasteiger partial charge in [0.25, 0.3) is 0 Å². The minimum Gasteiger partial charge on any atom is -0.351 e. The molecule has 2 nitrogen and oxygen atoms in total. The largest absolute Gasteiger partial charge is 0.397 e. The summed E-state index contributed by atoms with van der Waals surface area (Å²) in [6, 6.07) is 3.64. The SMILES string of the molecule is Cc1ccc(CNC(=O)CC(F)(F)F)s1. The molecule has 0 aliphatic carbocycles. The molecule has 1 N–H and O–H groups in total. The number of hydrogen-bond donors (Lipinski definition) is 1. The number of aryl methyl sites for hydroxylation is 1. The lowest BCUT2D eigenvalue weighted by atomic mass is 10.3. The molecular weight excluding hydrogens is 227 g/mol. The number of halogens is 3. The number of carbonyl (C=O) groups is 1. The standard InChI is InChI=1S/C9H10F3NOS/c1-6-2-3-7(15-6)5-13-8(14)4-9(10,11)12/h2-3H,4-5H2,1H3,(H,13,14). The number of rotatable bonds is 3. The molecule has 0 radical (unpaired) electrons. The van der Waals surface area contributed by atoms with Crippen molar-refractivity contribution in [1.29, 1.82) is 0 Å². The minimum atomic E-state index is -4.44. The molecule has 0 aromatic carbocycles. The van der Waals surface area contributed by atoms with Crippen LogP contribution in [0.5, 0.6) is 0 Å². The van der Waals surface area contributed by atoms with E-state index in [0.29, 0.717) is 0 Å². The second-order valence-corrected chi connectivity index (χ2v) is 4.45.